The number of carbonyl (C=O) groups excluding carboxylic acids is 1. The Morgan fingerprint density at radius 3 is 2.25 bits per heavy atom. The largest absolute Gasteiger partial charge is 0.442 e. The Hall–Kier alpha value is -3.39. The molecule has 9 heteroatoms. The zero-order valence-corrected chi connectivity index (χ0v) is 19.0. The van der Waals surface area contributed by atoms with Crippen molar-refractivity contribution < 1.29 is 14.5 Å². The van der Waals surface area contributed by atoms with Crippen molar-refractivity contribution in [1.82, 2.24) is 9.36 Å². The highest BCUT2D eigenvalue weighted by Crippen LogP contribution is 2.27. The quantitative estimate of drug-likeness (QED) is 0.405. The number of nitrogens with zero attached hydrogens (tertiary/aromatic N) is 3. The number of halogens is 1. The highest BCUT2D eigenvalue weighted by atomic mass is 35.5. The molecule has 3 rings (SSSR count). The minimum Gasteiger partial charge on any atom is -0.442 e. The Morgan fingerprint density at radius 2 is 1.72 bits per heavy atom. The van der Waals surface area contributed by atoms with Gasteiger partial charge in [0.1, 0.15) is 5.60 Å². The van der Waals surface area contributed by atoms with E-state index in [0.29, 0.717) is 16.3 Å². The molecule has 0 saturated carbocycles. The van der Waals surface area contributed by atoms with Crippen LogP contribution in [0.3, 0.4) is 0 Å². The maximum Gasteiger partial charge on any atom is 0.434 e. The standard InChI is InChI=1S/C23H24ClN3O5/c1-15-20(19(14-25(30)31)16-8-6-5-7-9-16)21(28)27(18-12-10-17(24)11-13-18)26(15)22(29)32-23(2,3)4/h5-13,19H,14H2,1-4H3/t19-/m0/s1. The number of hydrogen-bond donors (Lipinski definition) is 0. The van der Waals surface area contributed by atoms with Crippen LogP contribution in [0.25, 0.3) is 5.69 Å². The first kappa shape index (κ1) is 23.3. The summed E-state index contributed by atoms with van der Waals surface area (Å²) in [7, 11) is 0. The van der Waals surface area contributed by atoms with Gasteiger partial charge in [-0.05, 0) is 57.5 Å². The summed E-state index contributed by atoms with van der Waals surface area (Å²) in [6.45, 7) is 6.24. The van der Waals surface area contributed by atoms with E-state index >= 15 is 0 Å². The Balaban J connectivity index is 2.30. The van der Waals surface area contributed by atoms with Gasteiger partial charge in [0.15, 0.2) is 0 Å². The molecule has 8 nitrogen and oxygen atoms in total. The van der Waals surface area contributed by atoms with Crippen LogP contribution in [0.4, 0.5) is 4.79 Å². The van der Waals surface area contributed by atoms with Crippen LogP contribution >= 0.6 is 11.6 Å². The van der Waals surface area contributed by atoms with Gasteiger partial charge in [-0.3, -0.25) is 14.9 Å². The van der Waals surface area contributed by atoms with Crippen LogP contribution in [0, 0.1) is 17.0 Å². The van der Waals surface area contributed by atoms with Crippen molar-refractivity contribution in [3.63, 3.8) is 0 Å². The Bertz CT molecular complexity index is 1190. The van der Waals surface area contributed by atoms with Crippen LogP contribution in [-0.2, 0) is 4.74 Å². The fraction of sp³-hybridized carbons (Fsp3) is 0.304. The number of hydrogen-bond acceptors (Lipinski definition) is 5. The van der Waals surface area contributed by atoms with E-state index in [0.717, 1.165) is 4.68 Å². The zero-order chi connectivity index (χ0) is 23.6. The SMILES string of the molecule is Cc1c([C@@H](C[N+](=O)[O-])c2ccccc2)c(=O)n(-c2ccc(Cl)cc2)n1C(=O)OC(C)(C)C. The Kier molecular flexibility index (Phi) is 6.55. The van der Waals surface area contributed by atoms with Gasteiger partial charge in [-0.25, -0.2) is 9.48 Å². The first-order valence-electron chi connectivity index (χ1n) is 10.00. The van der Waals surface area contributed by atoms with E-state index in [4.69, 9.17) is 16.3 Å². The van der Waals surface area contributed by atoms with Crippen LogP contribution in [0.15, 0.2) is 59.4 Å². The first-order chi connectivity index (χ1) is 15.0. The maximum atomic E-state index is 13.6. The zero-order valence-electron chi connectivity index (χ0n) is 18.2. The molecule has 0 aliphatic carbocycles. The molecule has 0 N–H and O–H groups in total. The number of carbonyl (C=O) groups is 1. The third-order valence-corrected chi connectivity index (χ3v) is 5.10. The second kappa shape index (κ2) is 9.00. The summed E-state index contributed by atoms with van der Waals surface area (Å²) in [5, 5.41) is 11.9. The third kappa shape index (κ3) is 4.91. The summed E-state index contributed by atoms with van der Waals surface area (Å²) in [6.07, 6.45) is -0.763. The average Bonchev–Trinajstić information content (AvgIpc) is 2.96. The normalized spacial score (nSPS) is 12.4. The van der Waals surface area contributed by atoms with E-state index < -0.39 is 34.6 Å². The maximum absolute atomic E-state index is 13.6. The molecular weight excluding hydrogens is 434 g/mol. The molecule has 0 saturated heterocycles. The Morgan fingerprint density at radius 1 is 1.12 bits per heavy atom. The molecule has 32 heavy (non-hydrogen) atoms. The summed E-state index contributed by atoms with van der Waals surface area (Å²) in [4.78, 5) is 37.8. The van der Waals surface area contributed by atoms with Crippen LogP contribution in [0.5, 0.6) is 0 Å². The van der Waals surface area contributed by atoms with E-state index in [1.807, 2.05) is 0 Å². The third-order valence-electron chi connectivity index (χ3n) is 4.85. The van der Waals surface area contributed by atoms with Crippen LogP contribution < -0.4 is 5.56 Å². The average molecular weight is 458 g/mol. The van der Waals surface area contributed by atoms with Gasteiger partial charge in [0, 0.05) is 9.95 Å². The van der Waals surface area contributed by atoms with Gasteiger partial charge in [0.25, 0.3) is 5.56 Å². The molecule has 3 aromatic rings. The molecule has 0 spiro atoms. The number of rotatable bonds is 5. The minimum atomic E-state index is -0.846. The van der Waals surface area contributed by atoms with Crippen molar-refractivity contribution in [1.29, 1.82) is 0 Å². The van der Waals surface area contributed by atoms with E-state index in [9.17, 15) is 19.7 Å². The molecule has 168 valence electrons. The second-order valence-corrected chi connectivity index (χ2v) is 8.80. The number of nitro groups is 1. The molecular formula is C23H24ClN3O5. The Labute approximate surface area is 190 Å². The summed E-state index contributed by atoms with van der Waals surface area (Å²) >= 11 is 5.99. The lowest BCUT2D eigenvalue weighted by molar-refractivity contribution is -0.481. The fourth-order valence-electron chi connectivity index (χ4n) is 3.56. The van der Waals surface area contributed by atoms with Crippen LogP contribution in [0.1, 0.15) is 43.5 Å². The van der Waals surface area contributed by atoms with Crippen LogP contribution in [-0.4, -0.2) is 32.5 Å². The lowest BCUT2D eigenvalue weighted by Crippen LogP contribution is -2.33. The first-order valence-corrected chi connectivity index (χ1v) is 10.4. The molecule has 0 radical (unpaired) electrons. The van der Waals surface area contributed by atoms with Crippen molar-refractivity contribution in [2.24, 2.45) is 0 Å². The molecule has 0 unspecified atom stereocenters. The van der Waals surface area contributed by atoms with Crippen molar-refractivity contribution in [2.45, 2.75) is 39.2 Å². The van der Waals surface area contributed by atoms with Gasteiger partial charge in [0.2, 0.25) is 6.54 Å². The molecule has 0 bridgehead atoms. The summed E-state index contributed by atoms with van der Waals surface area (Å²) < 4.78 is 7.83. The van der Waals surface area contributed by atoms with E-state index in [2.05, 4.69) is 0 Å². The van der Waals surface area contributed by atoms with E-state index in [1.165, 1.54) is 4.68 Å². The molecule has 1 aromatic heterocycles. The predicted molar refractivity (Wildman–Crippen MR) is 122 cm³/mol. The number of aromatic nitrogens is 2. The topological polar surface area (TPSA) is 96.4 Å². The van der Waals surface area contributed by atoms with Gasteiger partial charge < -0.3 is 4.74 Å². The molecule has 0 fully saturated rings. The summed E-state index contributed by atoms with van der Waals surface area (Å²) in [5.41, 5.74) is 0.0746. The van der Waals surface area contributed by atoms with Gasteiger partial charge in [0.05, 0.1) is 22.9 Å². The molecule has 1 heterocycles. The van der Waals surface area contributed by atoms with Crippen molar-refractivity contribution in [3.05, 3.63) is 96.9 Å². The minimum absolute atomic E-state index is 0.161. The van der Waals surface area contributed by atoms with Gasteiger partial charge >= 0.3 is 6.09 Å². The molecule has 0 aliphatic rings. The van der Waals surface area contributed by atoms with E-state index in [1.54, 1.807) is 82.3 Å². The van der Waals surface area contributed by atoms with Crippen LogP contribution in [0.2, 0.25) is 5.02 Å². The van der Waals surface area contributed by atoms with Gasteiger partial charge in [-0.15, -0.1) is 0 Å². The second-order valence-electron chi connectivity index (χ2n) is 8.36. The molecule has 2 aromatic carbocycles. The molecule has 0 amide bonds. The van der Waals surface area contributed by atoms with Gasteiger partial charge in [-0.2, -0.15) is 4.68 Å². The number of ether oxygens (including phenoxy) is 1. The van der Waals surface area contributed by atoms with Crippen molar-refractivity contribution in [3.8, 4) is 5.69 Å². The summed E-state index contributed by atoms with van der Waals surface area (Å²) in [6, 6.07) is 15.1. The number of benzene rings is 2. The summed E-state index contributed by atoms with van der Waals surface area (Å²) in [5.74, 6) is -0.846. The highest BCUT2D eigenvalue weighted by molar-refractivity contribution is 6.30. The van der Waals surface area contributed by atoms with Crippen molar-refractivity contribution in [2.75, 3.05) is 6.54 Å². The molecule has 1 atom stereocenters. The van der Waals surface area contributed by atoms with E-state index in [-0.39, 0.29) is 11.3 Å². The lowest BCUT2D eigenvalue weighted by atomic mass is 9.91. The van der Waals surface area contributed by atoms with Crippen molar-refractivity contribution >= 4 is 17.7 Å². The monoisotopic (exact) mass is 457 g/mol. The van der Waals surface area contributed by atoms with Gasteiger partial charge in [-0.1, -0.05) is 41.9 Å². The smallest absolute Gasteiger partial charge is 0.434 e. The highest BCUT2D eigenvalue weighted by Gasteiger charge is 2.33. The molecule has 0 aliphatic heterocycles. The fourth-order valence-corrected chi connectivity index (χ4v) is 3.69. The lowest BCUT2D eigenvalue weighted by Gasteiger charge is -2.21. The predicted octanol–water partition coefficient (Wildman–Crippen LogP) is 4.79.